The van der Waals surface area contributed by atoms with Crippen LogP contribution in [0.2, 0.25) is 0 Å². The Morgan fingerprint density at radius 3 is 2.00 bits per heavy atom. The fourth-order valence-corrected chi connectivity index (χ4v) is 12.9. The maximum absolute atomic E-state index is 13.5. The van der Waals surface area contributed by atoms with Gasteiger partial charge in [-0.05, 0) is 123 Å². The molecule has 0 amide bonds. The highest BCUT2D eigenvalue weighted by atomic mass is 32.2. The van der Waals surface area contributed by atoms with Crippen LogP contribution < -0.4 is 15.5 Å². The number of anilines is 1. The summed E-state index contributed by atoms with van der Waals surface area (Å²) in [7, 11) is -3.65. The zero-order chi connectivity index (χ0) is 28.2. The van der Waals surface area contributed by atoms with Crippen molar-refractivity contribution in [1.29, 1.82) is 5.26 Å². The van der Waals surface area contributed by atoms with Crippen molar-refractivity contribution >= 4 is 15.5 Å². The smallest absolute Gasteiger partial charge is 0.206 e. The second kappa shape index (κ2) is 9.55. The minimum atomic E-state index is -3.65. The number of rotatable bonds is 3. The van der Waals surface area contributed by atoms with Crippen molar-refractivity contribution in [3.05, 3.63) is 54.1 Å². The van der Waals surface area contributed by atoms with Crippen LogP contribution >= 0.6 is 0 Å². The van der Waals surface area contributed by atoms with E-state index in [1.807, 2.05) is 12.1 Å². The van der Waals surface area contributed by atoms with Gasteiger partial charge in [-0.3, -0.25) is 0 Å². The van der Waals surface area contributed by atoms with Gasteiger partial charge in [0.15, 0.2) is 0 Å². The standard InChI is InChI=1S/C35H42N4O2S/c36-19-20-9-13-22(14-10-20)42(40,41)23-15-11-21(12-16-23)39-34-28(18-31-32(34)25-6-2-4-8-30(25)37-31)27-17-26-24-5-1-3-7-29(24)38-33(26)35(27)39/h9-16,24-35,37-38H,1-8,17-18H2. The van der Waals surface area contributed by atoms with Gasteiger partial charge in [0.2, 0.25) is 9.84 Å². The molecule has 3 aliphatic heterocycles. The van der Waals surface area contributed by atoms with Gasteiger partial charge in [0.05, 0.1) is 21.4 Å². The predicted octanol–water partition coefficient (Wildman–Crippen LogP) is 5.28. The highest BCUT2D eigenvalue weighted by Crippen LogP contribution is 2.62. The molecule has 0 spiro atoms. The SMILES string of the molecule is N#Cc1ccc(S(=O)(=O)c2ccc(N3C4C(CC5C6CCCCC6NC54)C4CC5NC6CCCCC6C5C43)cc2)cc1. The minimum absolute atomic E-state index is 0.242. The Morgan fingerprint density at radius 1 is 0.667 bits per heavy atom. The fraction of sp³-hybridized carbons (Fsp3) is 0.629. The Labute approximate surface area is 250 Å². The molecule has 9 rings (SSSR count). The molecule has 220 valence electrons. The van der Waals surface area contributed by atoms with Crippen LogP contribution in [0.15, 0.2) is 58.3 Å². The molecule has 12 unspecified atom stereocenters. The number of benzene rings is 2. The Balaban J connectivity index is 1.08. The van der Waals surface area contributed by atoms with Gasteiger partial charge in [0, 0.05) is 41.9 Å². The van der Waals surface area contributed by atoms with Crippen molar-refractivity contribution in [3.8, 4) is 6.07 Å². The van der Waals surface area contributed by atoms with E-state index in [0.29, 0.717) is 52.6 Å². The van der Waals surface area contributed by atoms with E-state index in [1.54, 1.807) is 24.3 Å². The summed E-state index contributed by atoms with van der Waals surface area (Å²) in [6.07, 6.45) is 13.6. The highest BCUT2D eigenvalue weighted by molar-refractivity contribution is 7.91. The Morgan fingerprint density at radius 2 is 1.29 bits per heavy atom. The van der Waals surface area contributed by atoms with Crippen molar-refractivity contribution < 1.29 is 8.42 Å². The number of nitrogens with zero attached hydrogens (tertiary/aromatic N) is 2. The van der Waals surface area contributed by atoms with E-state index in [0.717, 1.165) is 29.6 Å². The highest BCUT2D eigenvalue weighted by Gasteiger charge is 2.68. The molecule has 7 fully saturated rings. The first kappa shape index (κ1) is 26.0. The average molecular weight is 583 g/mol. The number of nitrogens with one attached hydrogen (secondary N) is 2. The molecule has 4 saturated carbocycles. The van der Waals surface area contributed by atoms with Gasteiger partial charge < -0.3 is 15.5 Å². The first-order chi connectivity index (χ1) is 20.5. The lowest BCUT2D eigenvalue weighted by atomic mass is 9.74. The van der Waals surface area contributed by atoms with Crippen LogP contribution in [-0.2, 0) is 9.84 Å². The molecule has 2 aromatic rings. The summed E-state index contributed by atoms with van der Waals surface area (Å²) in [6.45, 7) is 0. The molecule has 12 atom stereocenters. The van der Waals surface area contributed by atoms with Gasteiger partial charge in [0.1, 0.15) is 0 Å². The second-order valence-electron chi connectivity index (χ2n) is 14.6. The molecule has 7 aliphatic rings. The largest absolute Gasteiger partial charge is 0.363 e. The van der Waals surface area contributed by atoms with Crippen molar-refractivity contribution in [2.45, 2.75) is 110 Å². The van der Waals surface area contributed by atoms with Crippen molar-refractivity contribution in [2.75, 3.05) is 4.90 Å². The molecule has 0 bridgehead atoms. The summed E-state index contributed by atoms with van der Waals surface area (Å²) in [4.78, 5) is 3.42. The first-order valence-electron chi connectivity index (χ1n) is 16.7. The van der Waals surface area contributed by atoms with Crippen LogP contribution in [0.1, 0.15) is 69.8 Å². The quantitative estimate of drug-likeness (QED) is 0.512. The van der Waals surface area contributed by atoms with E-state index in [4.69, 9.17) is 5.26 Å². The summed E-state index contributed by atoms with van der Waals surface area (Å²) >= 11 is 0. The average Bonchev–Trinajstić information content (AvgIpc) is 3.80. The van der Waals surface area contributed by atoms with E-state index in [-0.39, 0.29) is 4.90 Å². The number of hydrogen-bond donors (Lipinski definition) is 2. The van der Waals surface area contributed by atoms with Gasteiger partial charge in [-0.2, -0.15) is 5.26 Å². The molecular weight excluding hydrogens is 540 g/mol. The Hall–Kier alpha value is -2.40. The van der Waals surface area contributed by atoms with Gasteiger partial charge in [-0.15, -0.1) is 0 Å². The van der Waals surface area contributed by atoms with Gasteiger partial charge in [-0.1, -0.05) is 25.7 Å². The number of nitriles is 1. The maximum atomic E-state index is 13.5. The maximum Gasteiger partial charge on any atom is 0.206 e. The minimum Gasteiger partial charge on any atom is -0.363 e. The fourth-order valence-electron chi connectivity index (χ4n) is 11.7. The van der Waals surface area contributed by atoms with E-state index in [9.17, 15) is 8.42 Å². The van der Waals surface area contributed by atoms with Crippen LogP contribution in [0.5, 0.6) is 0 Å². The second-order valence-corrected chi connectivity index (χ2v) is 16.6. The van der Waals surface area contributed by atoms with Crippen LogP contribution in [0.4, 0.5) is 5.69 Å². The van der Waals surface area contributed by atoms with Gasteiger partial charge >= 0.3 is 0 Å². The summed E-state index contributed by atoms with van der Waals surface area (Å²) in [6, 6.07) is 19.9. The molecule has 0 radical (unpaired) electrons. The third-order valence-electron chi connectivity index (χ3n) is 13.1. The van der Waals surface area contributed by atoms with Gasteiger partial charge in [0.25, 0.3) is 0 Å². The van der Waals surface area contributed by atoms with Crippen molar-refractivity contribution in [3.63, 3.8) is 0 Å². The molecule has 6 nitrogen and oxygen atoms in total. The van der Waals surface area contributed by atoms with Crippen molar-refractivity contribution in [1.82, 2.24) is 10.6 Å². The van der Waals surface area contributed by atoms with E-state index in [1.165, 1.54) is 69.9 Å². The van der Waals surface area contributed by atoms with Crippen LogP contribution in [0.3, 0.4) is 0 Å². The van der Waals surface area contributed by atoms with Crippen LogP contribution in [0, 0.1) is 46.8 Å². The molecule has 4 aliphatic carbocycles. The monoisotopic (exact) mass is 582 g/mol. The van der Waals surface area contributed by atoms with E-state index >= 15 is 0 Å². The number of hydrogen-bond acceptors (Lipinski definition) is 6. The topological polar surface area (TPSA) is 85.2 Å². The molecule has 3 heterocycles. The van der Waals surface area contributed by atoms with Crippen LogP contribution in [-0.4, -0.2) is 44.7 Å². The van der Waals surface area contributed by atoms with Crippen molar-refractivity contribution in [2.24, 2.45) is 35.5 Å². The first-order valence-corrected chi connectivity index (χ1v) is 18.2. The molecule has 3 saturated heterocycles. The zero-order valence-corrected chi connectivity index (χ0v) is 25.1. The third-order valence-corrected chi connectivity index (χ3v) is 14.9. The lowest BCUT2D eigenvalue weighted by Gasteiger charge is -2.40. The molecule has 0 aromatic heterocycles. The Bertz CT molecular complexity index is 1520. The normalized spacial score (nSPS) is 43.2. The lowest BCUT2D eigenvalue weighted by molar-refractivity contribution is 0.222. The van der Waals surface area contributed by atoms with E-state index < -0.39 is 9.84 Å². The zero-order valence-electron chi connectivity index (χ0n) is 24.2. The predicted molar refractivity (Wildman–Crippen MR) is 162 cm³/mol. The lowest BCUT2D eigenvalue weighted by Crippen LogP contribution is -2.51. The van der Waals surface area contributed by atoms with Crippen LogP contribution in [0.25, 0.3) is 0 Å². The molecule has 2 aromatic carbocycles. The van der Waals surface area contributed by atoms with E-state index in [2.05, 4.69) is 33.7 Å². The third kappa shape index (κ3) is 3.64. The Kier molecular flexibility index (Phi) is 5.92. The molecular formula is C35H42N4O2S. The van der Waals surface area contributed by atoms with Gasteiger partial charge in [-0.25, -0.2) is 8.42 Å². The number of fused-ring (bicyclic) bond motifs is 11. The summed E-state index contributed by atoms with van der Waals surface area (Å²) in [5.74, 6) is 4.59. The molecule has 7 heteroatoms. The summed E-state index contributed by atoms with van der Waals surface area (Å²) in [5, 5.41) is 17.5. The summed E-state index contributed by atoms with van der Waals surface area (Å²) < 4.78 is 27.0. The molecule has 42 heavy (non-hydrogen) atoms. The summed E-state index contributed by atoms with van der Waals surface area (Å²) in [5.41, 5.74) is 1.68. The number of sulfone groups is 1. The molecule has 2 N–H and O–H groups in total.